The SMILES string of the molecule is CNC(=O)c1ccc(OC)c(NC(=O)c2cc3ccccc3[nH]2)c1. The Morgan fingerprint density at radius 2 is 1.83 bits per heavy atom. The van der Waals surface area contributed by atoms with Crippen LogP contribution < -0.4 is 15.4 Å². The number of benzene rings is 2. The second kappa shape index (κ2) is 6.45. The molecule has 0 aliphatic carbocycles. The Balaban J connectivity index is 1.91. The van der Waals surface area contributed by atoms with E-state index in [0.717, 1.165) is 10.9 Å². The van der Waals surface area contributed by atoms with E-state index in [4.69, 9.17) is 4.74 Å². The molecule has 0 bridgehead atoms. The number of aromatic nitrogens is 1. The molecule has 0 saturated carbocycles. The number of para-hydroxylation sites is 1. The zero-order valence-corrected chi connectivity index (χ0v) is 13.3. The zero-order valence-electron chi connectivity index (χ0n) is 13.3. The molecular formula is C18H17N3O3. The predicted octanol–water partition coefficient (Wildman–Crippen LogP) is 2.79. The molecule has 0 radical (unpaired) electrons. The fourth-order valence-corrected chi connectivity index (χ4v) is 2.48. The number of H-pyrrole nitrogens is 1. The average Bonchev–Trinajstić information content (AvgIpc) is 3.05. The van der Waals surface area contributed by atoms with E-state index in [1.54, 1.807) is 31.3 Å². The Labute approximate surface area is 138 Å². The summed E-state index contributed by atoms with van der Waals surface area (Å²) in [5.41, 5.74) is 2.19. The van der Waals surface area contributed by atoms with Crippen molar-refractivity contribution in [2.45, 2.75) is 0 Å². The van der Waals surface area contributed by atoms with Crippen LogP contribution in [-0.4, -0.2) is 31.0 Å². The summed E-state index contributed by atoms with van der Waals surface area (Å²) < 4.78 is 5.25. The standard InChI is InChI=1S/C18H17N3O3/c1-19-17(22)12-7-8-16(24-2)14(10-12)21-18(23)15-9-11-5-3-4-6-13(11)20-15/h3-10,20H,1-2H3,(H,19,22)(H,21,23). The van der Waals surface area contributed by atoms with E-state index in [1.165, 1.54) is 7.11 Å². The third kappa shape index (κ3) is 2.94. The van der Waals surface area contributed by atoms with Crippen LogP contribution in [0.4, 0.5) is 5.69 Å². The van der Waals surface area contributed by atoms with Crippen LogP contribution in [0.5, 0.6) is 5.75 Å². The molecule has 0 saturated heterocycles. The Kier molecular flexibility index (Phi) is 4.20. The molecule has 3 N–H and O–H groups in total. The summed E-state index contributed by atoms with van der Waals surface area (Å²) in [6.45, 7) is 0. The number of carbonyl (C=O) groups excluding carboxylic acids is 2. The molecule has 0 aliphatic rings. The van der Waals surface area contributed by atoms with Gasteiger partial charge in [-0.1, -0.05) is 18.2 Å². The molecule has 3 aromatic rings. The van der Waals surface area contributed by atoms with Crippen molar-refractivity contribution in [1.29, 1.82) is 0 Å². The van der Waals surface area contributed by atoms with Crippen LogP contribution in [0.2, 0.25) is 0 Å². The van der Waals surface area contributed by atoms with Gasteiger partial charge in [0.25, 0.3) is 11.8 Å². The maximum atomic E-state index is 12.5. The number of nitrogens with one attached hydrogen (secondary N) is 3. The molecule has 1 heterocycles. The minimum absolute atomic E-state index is 0.237. The van der Waals surface area contributed by atoms with Gasteiger partial charge in [-0.25, -0.2) is 0 Å². The van der Waals surface area contributed by atoms with Crippen LogP contribution in [-0.2, 0) is 0 Å². The van der Waals surface area contributed by atoms with Crippen molar-refractivity contribution in [1.82, 2.24) is 10.3 Å². The summed E-state index contributed by atoms with van der Waals surface area (Å²) in [7, 11) is 3.06. The van der Waals surface area contributed by atoms with Crippen LogP contribution in [0, 0.1) is 0 Å². The molecule has 3 rings (SSSR count). The van der Waals surface area contributed by atoms with Crippen molar-refractivity contribution in [3.8, 4) is 5.75 Å². The first kappa shape index (κ1) is 15.6. The molecule has 6 heteroatoms. The third-order valence-corrected chi connectivity index (χ3v) is 3.71. The Morgan fingerprint density at radius 3 is 2.54 bits per heavy atom. The van der Waals surface area contributed by atoms with Crippen LogP contribution in [0.1, 0.15) is 20.8 Å². The number of aromatic amines is 1. The van der Waals surface area contributed by atoms with Gasteiger partial charge in [-0.15, -0.1) is 0 Å². The molecule has 24 heavy (non-hydrogen) atoms. The monoisotopic (exact) mass is 323 g/mol. The van der Waals surface area contributed by atoms with E-state index in [1.807, 2.05) is 24.3 Å². The van der Waals surface area contributed by atoms with Crippen LogP contribution in [0.15, 0.2) is 48.5 Å². The summed E-state index contributed by atoms with van der Waals surface area (Å²) in [6, 6.07) is 14.3. The van der Waals surface area contributed by atoms with Gasteiger partial charge in [0.2, 0.25) is 0 Å². The molecule has 2 aromatic carbocycles. The van der Waals surface area contributed by atoms with Crippen molar-refractivity contribution in [3.05, 3.63) is 59.8 Å². The fraction of sp³-hybridized carbons (Fsp3) is 0.111. The van der Waals surface area contributed by atoms with Gasteiger partial charge in [0.1, 0.15) is 11.4 Å². The number of amides is 2. The Bertz CT molecular complexity index is 882. The summed E-state index contributed by atoms with van der Waals surface area (Å²) >= 11 is 0. The molecule has 6 nitrogen and oxygen atoms in total. The smallest absolute Gasteiger partial charge is 0.272 e. The van der Waals surface area contributed by atoms with E-state index < -0.39 is 0 Å². The highest BCUT2D eigenvalue weighted by Crippen LogP contribution is 2.26. The molecular weight excluding hydrogens is 306 g/mol. The number of anilines is 1. The maximum absolute atomic E-state index is 12.5. The Morgan fingerprint density at radius 1 is 1.04 bits per heavy atom. The average molecular weight is 323 g/mol. The van der Waals surface area contributed by atoms with Gasteiger partial charge in [-0.2, -0.15) is 0 Å². The number of methoxy groups -OCH3 is 1. The second-order valence-corrected chi connectivity index (χ2v) is 5.22. The van der Waals surface area contributed by atoms with Crippen molar-refractivity contribution < 1.29 is 14.3 Å². The van der Waals surface area contributed by atoms with E-state index in [9.17, 15) is 9.59 Å². The van der Waals surface area contributed by atoms with E-state index >= 15 is 0 Å². The van der Waals surface area contributed by atoms with E-state index in [2.05, 4.69) is 15.6 Å². The topological polar surface area (TPSA) is 83.2 Å². The first-order valence-corrected chi connectivity index (χ1v) is 7.41. The quantitative estimate of drug-likeness (QED) is 0.690. The van der Waals surface area contributed by atoms with E-state index in [-0.39, 0.29) is 11.8 Å². The lowest BCUT2D eigenvalue weighted by Gasteiger charge is -2.11. The molecule has 0 aliphatic heterocycles. The Hall–Kier alpha value is -3.28. The molecule has 0 unspecified atom stereocenters. The summed E-state index contributed by atoms with van der Waals surface area (Å²) in [5.74, 6) is -0.0653. The van der Waals surface area contributed by atoms with Gasteiger partial charge < -0.3 is 20.4 Å². The van der Waals surface area contributed by atoms with Gasteiger partial charge in [0, 0.05) is 23.5 Å². The fourth-order valence-electron chi connectivity index (χ4n) is 2.48. The van der Waals surface area contributed by atoms with Crippen LogP contribution in [0.3, 0.4) is 0 Å². The molecule has 0 fully saturated rings. The lowest BCUT2D eigenvalue weighted by molar-refractivity contribution is 0.0961. The van der Waals surface area contributed by atoms with Crippen molar-refractivity contribution in [2.24, 2.45) is 0 Å². The van der Waals surface area contributed by atoms with Crippen LogP contribution >= 0.6 is 0 Å². The van der Waals surface area contributed by atoms with Gasteiger partial charge in [-0.3, -0.25) is 9.59 Å². The van der Waals surface area contributed by atoms with E-state index in [0.29, 0.717) is 22.7 Å². The largest absolute Gasteiger partial charge is 0.495 e. The van der Waals surface area contributed by atoms with Gasteiger partial charge in [0.15, 0.2) is 0 Å². The van der Waals surface area contributed by atoms with Crippen molar-refractivity contribution in [2.75, 3.05) is 19.5 Å². The number of hydrogen-bond acceptors (Lipinski definition) is 3. The van der Waals surface area contributed by atoms with Gasteiger partial charge in [0.05, 0.1) is 12.8 Å². The lowest BCUT2D eigenvalue weighted by Crippen LogP contribution is -2.19. The highest BCUT2D eigenvalue weighted by molar-refractivity contribution is 6.07. The highest BCUT2D eigenvalue weighted by Gasteiger charge is 2.14. The number of rotatable bonds is 4. The summed E-state index contributed by atoms with van der Waals surface area (Å²) in [6.07, 6.45) is 0. The van der Waals surface area contributed by atoms with Gasteiger partial charge >= 0.3 is 0 Å². The molecule has 0 atom stereocenters. The molecule has 1 aromatic heterocycles. The zero-order chi connectivity index (χ0) is 17.1. The summed E-state index contributed by atoms with van der Waals surface area (Å²) in [5, 5.41) is 6.29. The molecule has 122 valence electrons. The van der Waals surface area contributed by atoms with Crippen molar-refractivity contribution in [3.63, 3.8) is 0 Å². The van der Waals surface area contributed by atoms with Crippen LogP contribution in [0.25, 0.3) is 10.9 Å². The van der Waals surface area contributed by atoms with Gasteiger partial charge in [-0.05, 0) is 30.3 Å². The number of hydrogen-bond donors (Lipinski definition) is 3. The molecule has 2 amide bonds. The normalized spacial score (nSPS) is 10.4. The first-order chi connectivity index (χ1) is 11.6. The third-order valence-electron chi connectivity index (χ3n) is 3.71. The summed E-state index contributed by atoms with van der Waals surface area (Å²) in [4.78, 5) is 27.3. The number of carbonyl (C=O) groups is 2. The van der Waals surface area contributed by atoms with Crippen molar-refractivity contribution >= 4 is 28.4 Å². The highest BCUT2D eigenvalue weighted by atomic mass is 16.5. The lowest BCUT2D eigenvalue weighted by atomic mass is 10.1. The maximum Gasteiger partial charge on any atom is 0.272 e. The minimum Gasteiger partial charge on any atom is -0.495 e. The number of fused-ring (bicyclic) bond motifs is 1. The minimum atomic E-state index is -0.307. The predicted molar refractivity (Wildman–Crippen MR) is 92.6 cm³/mol. The second-order valence-electron chi connectivity index (χ2n) is 5.22. The number of ether oxygens (including phenoxy) is 1. The molecule has 0 spiro atoms. The first-order valence-electron chi connectivity index (χ1n) is 7.41.